The van der Waals surface area contributed by atoms with Gasteiger partial charge in [-0.25, -0.2) is 8.78 Å². The molecule has 5 nitrogen and oxygen atoms in total. The van der Waals surface area contributed by atoms with Crippen molar-refractivity contribution >= 4 is 23.2 Å². The molecule has 0 saturated carbocycles. The van der Waals surface area contributed by atoms with Crippen molar-refractivity contribution in [3.8, 4) is 5.75 Å². The molecule has 156 valence electrons. The monoisotopic (exact) mass is 423 g/mol. The SMILES string of the molecule is CC(C)Oc1ccc(Cl)cc1[C@H](Nc1ccc2c(c1)CNC2)C(=O)NCC(F)F. The molecule has 0 radical (unpaired) electrons. The number of anilines is 1. The van der Waals surface area contributed by atoms with Crippen molar-refractivity contribution in [3.63, 3.8) is 0 Å². The first-order valence-corrected chi connectivity index (χ1v) is 9.82. The molecule has 2 aromatic carbocycles. The molecule has 1 amide bonds. The van der Waals surface area contributed by atoms with Crippen LogP contribution in [0.2, 0.25) is 5.02 Å². The number of ether oxygens (including phenoxy) is 1. The summed E-state index contributed by atoms with van der Waals surface area (Å²) in [5.74, 6) is -0.114. The number of nitrogens with one attached hydrogen (secondary N) is 3. The van der Waals surface area contributed by atoms with Crippen LogP contribution in [0.25, 0.3) is 0 Å². The molecule has 0 bridgehead atoms. The van der Waals surface area contributed by atoms with Crippen molar-refractivity contribution in [1.82, 2.24) is 10.6 Å². The molecule has 0 unspecified atom stereocenters. The Bertz CT molecular complexity index is 877. The Morgan fingerprint density at radius 3 is 2.66 bits per heavy atom. The quantitative estimate of drug-likeness (QED) is 0.593. The van der Waals surface area contributed by atoms with Gasteiger partial charge in [0.2, 0.25) is 5.91 Å². The maximum atomic E-state index is 12.8. The van der Waals surface area contributed by atoms with E-state index in [0.717, 1.165) is 18.7 Å². The molecule has 0 spiro atoms. The highest BCUT2D eigenvalue weighted by atomic mass is 35.5. The van der Waals surface area contributed by atoms with Crippen LogP contribution in [0.3, 0.4) is 0 Å². The molecule has 1 aliphatic heterocycles. The second-order valence-electron chi connectivity index (χ2n) is 7.15. The minimum absolute atomic E-state index is 0.134. The summed E-state index contributed by atoms with van der Waals surface area (Å²) in [6.07, 6.45) is -2.78. The predicted octanol–water partition coefficient (Wildman–Crippen LogP) is 4.26. The summed E-state index contributed by atoms with van der Waals surface area (Å²) in [7, 11) is 0. The van der Waals surface area contributed by atoms with Crippen molar-refractivity contribution in [2.75, 3.05) is 11.9 Å². The Labute approximate surface area is 173 Å². The lowest BCUT2D eigenvalue weighted by Crippen LogP contribution is -2.36. The Hall–Kier alpha value is -2.38. The van der Waals surface area contributed by atoms with Crippen LogP contribution in [0.4, 0.5) is 14.5 Å². The van der Waals surface area contributed by atoms with Crippen molar-refractivity contribution in [1.29, 1.82) is 0 Å². The number of benzene rings is 2. The van der Waals surface area contributed by atoms with E-state index >= 15 is 0 Å². The summed E-state index contributed by atoms with van der Waals surface area (Å²) in [5, 5.41) is 9.14. The number of halogens is 3. The van der Waals surface area contributed by atoms with Crippen molar-refractivity contribution in [2.45, 2.75) is 45.5 Å². The first-order chi connectivity index (χ1) is 13.8. The Balaban J connectivity index is 1.95. The van der Waals surface area contributed by atoms with Gasteiger partial charge in [0.05, 0.1) is 12.6 Å². The fourth-order valence-electron chi connectivity index (χ4n) is 3.22. The van der Waals surface area contributed by atoms with E-state index in [-0.39, 0.29) is 6.10 Å². The molecule has 1 heterocycles. The largest absolute Gasteiger partial charge is 0.491 e. The standard InChI is InChI=1S/C21H24ClF2N3O2/c1-12(2)29-18-6-4-15(22)8-17(18)20(21(28)26-11-19(23)24)27-16-5-3-13-9-25-10-14(13)7-16/h3-8,12,19-20,25,27H,9-11H2,1-2H3,(H,26,28)/t20-/m0/s1. The molecular weight excluding hydrogens is 400 g/mol. The van der Waals surface area contributed by atoms with E-state index in [4.69, 9.17) is 16.3 Å². The molecule has 0 saturated heterocycles. The molecule has 8 heteroatoms. The fraction of sp³-hybridized carbons (Fsp3) is 0.381. The smallest absolute Gasteiger partial charge is 0.255 e. The van der Waals surface area contributed by atoms with Crippen LogP contribution in [0.1, 0.15) is 36.6 Å². The molecule has 0 aliphatic carbocycles. The van der Waals surface area contributed by atoms with Gasteiger partial charge in [0, 0.05) is 29.4 Å². The highest BCUT2D eigenvalue weighted by Gasteiger charge is 2.26. The summed E-state index contributed by atoms with van der Waals surface area (Å²) >= 11 is 6.17. The van der Waals surface area contributed by atoms with Gasteiger partial charge in [-0.1, -0.05) is 17.7 Å². The zero-order chi connectivity index (χ0) is 21.0. The average Bonchev–Trinajstić information content (AvgIpc) is 3.13. The van der Waals surface area contributed by atoms with Gasteiger partial charge in [0.15, 0.2) is 0 Å². The fourth-order valence-corrected chi connectivity index (χ4v) is 3.40. The minimum Gasteiger partial charge on any atom is -0.491 e. The topological polar surface area (TPSA) is 62.4 Å². The average molecular weight is 424 g/mol. The van der Waals surface area contributed by atoms with Gasteiger partial charge in [0.1, 0.15) is 11.8 Å². The number of amides is 1. The highest BCUT2D eigenvalue weighted by molar-refractivity contribution is 6.30. The summed E-state index contributed by atoms with van der Waals surface area (Å²) in [4.78, 5) is 12.8. The third-order valence-corrected chi connectivity index (χ3v) is 4.72. The number of alkyl halides is 2. The van der Waals surface area contributed by atoms with E-state index in [2.05, 4.69) is 16.0 Å². The minimum atomic E-state index is -2.64. The number of hydrogen-bond donors (Lipinski definition) is 3. The molecular formula is C21H24ClF2N3O2. The van der Waals surface area contributed by atoms with Crippen LogP contribution < -0.4 is 20.7 Å². The zero-order valence-corrected chi connectivity index (χ0v) is 17.0. The van der Waals surface area contributed by atoms with Gasteiger partial charge in [-0.3, -0.25) is 4.79 Å². The molecule has 1 atom stereocenters. The van der Waals surface area contributed by atoms with Crippen molar-refractivity contribution in [3.05, 3.63) is 58.1 Å². The van der Waals surface area contributed by atoms with Crippen LogP contribution in [0.5, 0.6) is 5.75 Å². The summed E-state index contributed by atoms with van der Waals surface area (Å²) in [6.45, 7) is 4.54. The first kappa shape index (κ1) is 21.3. The van der Waals surface area contributed by atoms with Gasteiger partial charge in [-0.2, -0.15) is 0 Å². The van der Waals surface area contributed by atoms with Gasteiger partial charge < -0.3 is 20.7 Å². The summed E-state index contributed by atoms with van der Waals surface area (Å²) in [6, 6.07) is 9.82. The normalized spacial score (nSPS) is 14.0. The number of hydrogen-bond acceptors (Lipinski definition) is 4. The molecule has 2 aromatic rings. The Morgan fingerprint density at radius 2 is 1.93 bits per heavy atom. The van der Waals surface area contributed by atoms with E-state index in [1.807, 2.05) is 32.0 Å². The predicted molar refractivity (Wildman–Crippen MR) is 110 cm³/mol. The van der Waals surface area contributed by atoms with E-state index < -0.39 is 24.9 Å². The lowest BCUT2D eigenvalue weighted by Gasteiger charge is -2.24. The summed E-state index contributed by atoms with van der Waals surface area (Å²) in [5.41, 5.74) is 3.52. The van der Waals surface area contributed by atoms with Gasteiger partial charge in [-0.05, 0) is 55.3 Å². The van der Waals surface area contributed by atoms with E-state index in [1.54, 1.807) is 18.2 Å². The Kier molecular flexibility index (Phi) is 6.92. The van der Waals surface area contributed by atoms with Crippen LogP contribution in [-0.2, 0) is 17.9 Å². The second kappa shape index (κ2) is 9.41. The Morgan fingerprint density at radius 1 is 1.17 bits per heavy atom. The van der Waals surface area contributed by atoms with Crippen molar-refractivity contribution in [2.24, 2.45) is 0 Å². The van der Waals surface area contributed by atoms with Gasteiger partial charge >= 0.3 is 0 Å². The maximum Gasteiger partial charge on any atom is 0.255 e. The van der Waals surface area contributed by atoms with Crippen molar-refractivity contribution < 1.29 is 18.3 Å². The molecule has 0 fully saturated rings. The third kappa shape index (κ3) is 5.58. The van der Waals surface area contributed by atoms with E-state index in [0.29, 0.717) is 22.0 Å². The lowest BCUT2D eigenvalue weighted by atomic mass is 10.0. The molecule has 1 aliphatic rings. The summed E-state index contributed by atoms with van der Waals surface area (Å²) < 4.78 is 31.2. The van der Waals surface area contributed by atoms with Crippen LogP contribution >= 0.6 is 11.6 Å². The number of carbonyl (C=O) groups excluding carboxylic acids is 1. The van der Waals surface area contributed by atoms with E-state index in [9.17, 15) is 13.6 Å². The van der Waals surface area contributed by atoms with Crippen LogP contribution in [0, 0.1) is 0 Å². The molecule has 3 rings (SSSR count). The molecule has 29 heavy (non-hydrogen) atoms. The molecule has 0 aromatic heterocycles. The molecule has 3 N–H and O–H groups in total. The lowest BCUT2D eigenvalue weighted by molar-refractivity contribution is -0.122. The van der Waals surface area contributed by atoms with Gasteiger partial charge in [0.25, 0.3) is 6.43 Å². The third-order valence-electron chi connectivity index (χ3n) is 4.49. The number of rotatable bonds is 8. The van der Waals surface area contributed by atoms with E-state index in [1.165, 1.54) is 5.56 Å². The second-order valence-corrected chi connectivity index (χ2v) is 7.59. The van der Waals surface area contributed by atoms with Crippen LogP contribution in [0.15, 0.2) is 36.4 Å². The maximum absolute atomic E-state index is 12.8. The zero-order valence-electron chi connectivity index (χ0n) is 16.3. The highest BCUT2D eigenvalue weighted by Crippen LogP contribution is 2.32. The number of carbonyl (C=O) groups is 1. The first-order valence-electron chi connectivity index (χ1n) is 9.44. The number of fused-ring (bicyclic) bond motifs is 1. The van der Waals surface area contributed by atoms with Crippen LogP contribution in [-0.4, -0.2) is 25.0 Å². The van der Waals surface area contributed by atoms with Gasteiger partial charge in [-0.15, -0.1) is 0 Å².